The van der Waals surface area contributed by atoms with Gasteiger partial charge in [-0.05, 0) is 26.8 Å². The van der Waals surface area contributed by atoms with Gasteiger partial charge in [0, 0.05) is 31.4 Å². The SMILES string of the molecule is Cc1noc(C)c1S(=O)(=O)N[C@@H](C)C(=O)NCc1cccnc1N1CCOCC1. The smallest absolute Gasteiger partial charge is 0.246 e. The van der Waals surface area contributed by atoms with E-state index in [9.17, 15) is 13.2 Å². The van der Waals surface area contributed by atoms with Crippen LogP contribution in [0.4, 0.5) is 5.82 Å². The van der Waals surface area contributed by atoms with Crippen LogP contribution in [0.5, 0.6) is 0 Å². The number of morpholine rings is 1. The van der Waals surface area contributed by atoms with Crippen LogP contribution >= 0.6 is 0 Å². The maximum atomic E-state index is 12.6. The Morgan fingerprint density at radius 1 is 1.31 bits per heavy atom. The third-order valence-electron chi connectivity index (χ3n) is 4.59. The molecule has 1 atom stereocenters. The molecule has 29 heavy (non-hydrogen) atoms. The summed E-state index contributed by atoms with van der Waals surface area (Å²) in [6.45, 7) is 7.47. The molecule has 2 aromatic rings. The number of pyridine rings is 1. The van der Waals surface area contributed by atoms with E-state index in [2.05, 4.69) is 25.1 Å². The Labute approximate surface area is 169 Å². The van der Waals surface area contributed by atoms with Crippen molar-refractivity contribution in [1.29, 1.82) is 0 Å². The van der Waals surface area contributed by atoms with Gasteiger partial charge in [0.1, 0.15) is 16.4 Å². The number of nitrogens with one attached hydrogen (secondary N) is 2. The molecule has 10 nitrogen and oxygen atoms in total. The molecule has 2 N–H and O–H groups in total. The number of nitrogens with zero attached hydrogens (tertiary/aromatic N) is 3. The number of carbonyl (C=O) groups is 1. The molecule has 0 bridgehead atoms. The molecule has 3 heterocycles. The van der Waals surface area contributed by atoms with Gasteiger partial charge in [0.05, 0.1) is 19.3 Å². The van der Waals surface area contributed by atoms with Crippen molar-refractivity contribution < 1.29 is 22.5 Å². The number of rotatable bonds is 7. The van der Waals surface area contributed by atoms with Gasteiger partial charge in [0.25, 0.3) is 0 Å². The van der Waals surface area contributed by atoms with Crippen molar-refractivity contribution in [3.05, 3.63) is 35.3 Å². The fourth-order valence-electron chi connectivity index (χ4n) is 3.17. The molecule has 3 rings (SSSR count). The number of aromatic nitrogens is 2. The molecule has 1 amide bonds. The summed E-state index contributed by atoms with van der Waals surface area (Å²) in [5, 5.41) is 6.42. The number of hydrogen-bond donors (Lipinski definition) is 2. The number of carbonyl (C=O) groups excluding carboxylic acids is 1. The standard InChI is InChI=1S/C18H25N5O5S/c1-12-16(14(3)28-21-12)29(25,26)22-13(2)18(24)20-11-15-5-4-6-19-17(15)23-7-9-27-10-8-23/h4-6,13,22H,7-11H2,1-3H3,(H,20,24)/t13-/m0/s1. The second-order valence-corrected chi connectivity index (χ2v) is 8.45. The monoisotopic (exact) mass is 423 g/mol. The highest BCUT2D eigenvalue weighted by atomic mass is 32.2. The average Bonchev–Trinajstić information content (AvgIpc) is 3.05. The van der Waals surface area contributed by atoms with Crippen molar-refractivity contribution in [3.63, 3.8) is 0 Å². The van der Waals surface area contributed by atoms with Crippen LogP contribution in [0.15, 0.2) is 27.7 Å². The van der Waals surface area contributed by atoms with Crippen molar-refractivity contribution in [1.82, 2.24) is 20.2 Å². The van der Waals surface area contributed by atoms with Crippen molar-refractivity contribution in [3.8, 4) is 0 Å². The first-order valence-corrected chi connectivity index (χ1v) is 10.8. The van der Waals surface area contributed by atoms with Crippen LogP contribution in [0, 0.1) is 13.8 Å². The van der Waals surface area contributed by atoms with Crippen LogP contribution in [-0.4, -0.2) is 56.8 Å². The van der Waals surface area contributed by atoms with Crippen molar-refractivity contribution in [2.75, 3.05) is 31.2 Å². The van der Waals surface area contributed by atoms with Crippen LogP contribution < -0.4 is 14.9 Å². The summed E-state index contributed by atoms with van der Waals surface area (Å²) in [7, 11) is -3.93. The number of ether oxygens (including phenoxy) is 1. The molecule has 1 saturated heterocycles. The molecule has 0 unspecified atom stereocenters. The van der Waals surface area contributed by atoms with Crippen LogP contribution in [0.25, 0.3) is 0 Å². The minimum absolute atomic E-state index is 0.0426. The summed E-state index contributed by atoms with van der Waals surface area (Å²) in [4.78, 5) is 19.0. The Kier molecular flexibility index (Phi) is 6.50. The Hall–Kier alpha value is -2.50. The summed E-state index contributed by atoms with van der Waals surface area (Å²) in [6.07, 6.45) is 1.70. The second kappa shape index (κ2) is 8.89. The lowest BCUT2D eigenvalue weighted by atomic mass is 10.2. The zero-order chi connectivity index (χ0) is 21.0. The van der Waals surface area contributed by atoms with Crippen LogP contribution in [-0.2, 0) is 26.1 Å². The van der Waals surface area contributed by atoms with Gasteiger partial charge in [-0.2, -0.15) is 4.72 Å². The minimum atomic E-state index is -3.93. The van der Waals surface area contributed by atoms with Gasteiger partial charge >= 0.3 is 0 Å². The van der Waals surface area contributed by atoms with E-state index in [1.165, 1.54) is 20.8 Å². The number of hydrogen-bond acceptors (Lipinski definition) is 8. The van der Waals surface area contributed by atoms with Crippen LogP contribution in [0.1, 0.15) is 23.9 Å². The number of sulfonamides is 1. The Morgan fingerprint density at radius 3 is 2.69 bits per heavy atom. The van der Waals surface area contributed by atoms with Crippen LogP contribution in [0.2, 0.25) is 0 Å². The lowest BCUT2D eigenvalue weighted by Crippen LogP contribution is -2.45. The average molecular weight is 423 g/mol. The van der Waals surface area contributed by atoms with E-state index in [0.29, 0.717) is 13.2 Å². The maximum absolute atomic E-state index is 12.6. The van der Waals surface area contributed by atoms with E-state index in [1.54, 1.807) is 12.3 Å². The van der Waals surface area contributed by atoms with E-state index >= 15 is 0 Å². The highest BCUT2D eigenvalue weighted by Gasteiger charge is 2.28. The third kappa shape index (κ3) is 4.92. The molecule has 0 radical (unpaired) electrons. The molecule has 0 aromatic carbocycles. The normalized spacial score (nSPS) is 15.9. The quantitative estimate of drug-likeness (QED) is 0.659. The first-order valence-electron chi connectivity index (χ1n) is 9.29. The summed E-state index contributed by atoms with van der Waals surface area (Å²) in [5.41, 5.74) is 1.09. The molecular formula is C18H25N5O5S. The number of anilines is 1. The summed E-state index contributed by atoms with van der Waals surface area (Å²) < 4.78 is 37.8. The fraction of sp³-hybridized carbons (Fsp3) is 0.500. The van der Waals surface area contributed by atoms with Crippen molar-refractivity contribution in [2.24, 2.45) is 0 Å². The Balaban J connectivity index is 1.64. The lowest BCUT2D eigenvalue weighted by molar-refractivity contribution is -0.122. The van der Waals surface area contributed by atoms with Crippen LogP contribution in [0.3, 0.4) is 0 Å². The van der Waals surface area contributed by atoms with Gasteiger partial charge in [-0.1, -0.05) is 11.2 Å². The largest absolute Gasteiger partial charge is 0.378 e. The molecule has 2 aromatic heterocycles. The predicted molar refractivity (Wildman–Crippen MR) is 105 cm³/mol. The van der Waals surface area contributed by atoms with Gasteiger partial charge < -0.3 is 19.5 Å². The predicted octanol–water partition coefficient (Wildman–Crippen LogP) is 0.506. The van der Waals surface area contributed by atoms with Gasteiger partial charge in [-0.25, -0.2) is 13.4 Å². The highest BCUT2D eigenvalue weighted by Crippen LogP contribution is 2.20. The molecule has 1 aliphatic heterocycles. The lowest BCUT2D eigenvalue weighted by Gasteiger charge is -2.29. The van der Waals surface area contributed by atoms with E-state index in [1.807, 2.05) is 6.07 Å². The maximum Gasteiger partial charge on any atom is 0.246 e. The van der Waals surface area contributed by atoms with Gasteiger partial charge in [0.15, 0.2) is 5.76 Å². The molecule has 0 spiro atoms. The Morgan fingerprint density at radius 2 is 2.03 bits per heavy atom. The Bertz CT molecular complexity index is 949. The van der Waals surface area contributed by atoms with E-state index in [0.717, 1.165) is 24.5 Å². The summed E-state index contributed by atoms with van der Waals surface area (Å²) in [6, 6.07) is 2.71. The van der Waals surface area contributed by atoms with Crippen molar-refractivity contribution >= 4 is 21.7 Å². The number of amides is 1. The van der Waals surface area contributed by atoms with Gasteiger partial charge in [0.2, 0.25) is 15.9 Å². The summed E-state index contributed by atoms with van der Waals surface area (Å²) in [5.74, 6) is 0.519. The number of aryl methyl sites for hydroxylation is 2. The molecule has 158 valence electrons. The fourth-order valence-corrected chi connectivity index (χ4v) is 4.70. The molecule has 0 saturated carbocycles. The van der Waals surface area contributed by atoms with E-state index in [-0.39, 0.29) is 22.9 Å². The zero-order valence-corrected chi connectivity index (χ0v) is 17.5. The topological polar surface area (TPSA) is 127 Å². The molecule has 0 aliphatic carbocycles. The second-order valence-electron chi connectivity index (χ2n) is 6.80. The molecule has 1 aliphatic rings. The third-order valence-corrected chi connectivity index (χ3v) is 6.38. The van der Waals surface area contributed by atoms with Gasteiger partial charge in [-0.3, -0.25) is 4.79 Å². The molecular weight excluding hydrogens is 398 g/mol. The molecule has 1 fully saturated rings. The first kappa shape index (κ1) is 21.2. The summed E-state index contributed by atoms with van der Waals surface area (Å²) >= 11 is 0. The van der Waals surface area contributed by atoms with E-state index < -0.39 is 22.0 Å². The highest BCUT2D eigenvalue weighted by molar-refractivity contribution is 7.89. The van der Waals surface area contributed by atoms with Gasteiger partial charge in [-0.15, -0.1) is 0 Å². The van der Waals surface area contributed by atoms with E-state index in [4.69, 9.17) is 9.26 Å². The first-order chi connectivity index (χ1) is 13.8. The minimum Gasteiger partial charge on any atom is -0.378 e. The van der Waals surface area contributed by atoms with Crippen molar-refractivity contribution in [2.45, 2.75) is 38.3 Å². The molecule has 11 heteroatoms. The zero-order valence-electron chi connectivity index (χ0n) is 16.6.